The van der Waals surface area contributed by atoms with Crippen LogP contribution in [0.5, 0.6) is 0 Å². The van der Waals surface area contributed by atoms with E-state index < -0.39 is 0 Å². The number of amides is 3. The quantitative estimate of drug-likeness (QED) is 0.820. The summed E-state index contributed by atoms with van der Waals surface area (Å²) < 4.78 is 0. The molecular formula is C24H36N4O2. The predicted octanol–water partition coefficient (Wildman–Crippen LogP) is 3.72. The Labute approximate surface area is 180 Å². The van der Waals surface area contributed by atoms with Crippen LogP contribution in [0.1, 0.15) is 50.5 Å². The van der Waals surface area contributed by atoms with Gasteiger partial charge in [0.25, 0.3) is 0 Å². The number of likely N-dealkylation sites (tertiary alicyclic amines) is 1. The van der Waals surface area contributed by atoms with E-state index in [1.165, 1.54) is 37.7 Å². The number of benzene rings is 1. The lowest BCUT2D eigenvalue weighted by Gasteiger charge is -2.43. The minimum atomic E-state index is -0.0433. The third-order valence-electron chi connectivity index (χ3n) is 7.06. The Hall–Kier alpha value is -2.08. The highest BCUT2D eigenvalue weighted by molar-refractivity contribution is 5.89. The van der Waals surface area contributed by atoms with E-state index >= 15 is 0 Å². The van der Waals surface area contributed by atoms with Gasteiger partial charge in [-0.3, -0.25) is 9.69 Å². The number of rotatable bonds is 4. The second kappa shape index (κ2) is 9.82. The molecule has 6 nitrogen and oxygen atoms in total. The molecular weight excluding hydrogens is 376 g/mol. The molecule has 3 fully saturated rings. The van der Waals surface area contributed by atoms with Gasteiger partial charge in [-0.1, -0.05) is 30.5 Å². The van der Waals surface area contributed by atoms with E-state index in [0.717, 1.165) is 44.7 Å². The topological polar surface area (TPSA) is 55.9 Å². The lowest BCUT2D eigenvalue weighted by molar-refractivity contribution is -0.140. The van der Waals surface area contributed by atoms with Crippen molar-refractivity contribution in [3.8, 4) is 0 Å². The number of piperazine rings is 1. The summed E-state index contributed by atoms with van der Waals surface area (Å²) in [7, 11) is 0. The molecule has 1 atom stereocenters. The molecule has 1 aromatic carbocycles. The van der Waals surface area contributed by atoms with E-state index in [0.29, 0.717) is 24.9 Å². The molecule has 2 heterocycles. The Balaban J connectivity index is 1.36. The van der Waals surface area contributed by atoms with Crippen LogP contribution >= 0.6 is 0 Å². The predicted molar refractivity (Wildman–Crippen MR) is 120 cm³/mol. The van der Waals surface area contributed by atoms with Crippen LogP contribution in [0.3, 0.4) is 0 Å². The molecule has 0 aromatic heterocycles. The van der Waals surface area contributed by atoms with Gasteiger partial charge in [-0.25, -0.2) is 4.79 Å². The van der Waals surface area contributed by atoms with Crippen molar-refractivity contribution in [3.63, 3.8) is 0 Å². The first-order valence-electron chi connectivity index (χ1n) is 11.8. The minimum Gasteiger partial charge on any atom is -0.341 e. The summed E-state index contributed by atoms with van der Waals surface area (Å²) in [5.41, 5.74) is 2.01. The van der Waals surface area contributed by atoms with Crippen LogP contribution in [-0.2, 0) is 4.79 Å². The van der Waals surface area contributed by atoms with Crippen LogP contribution in [0.4, 0.5) is 10.5 Å². The average molecular weight is 413 g/mol. The molecule has 4 rings (SSSR count). The maximum absolute atomic E-state index is 13.5. The summed E-state index contributed by atoms with van der Waals surface area (Å²) >= 11 is 0. The SMILES string of the molecule is Cc1ccc(NC(=O)N2CCN([C@H](C(=O)N3CCCCC3)C3CCCC3)CC2)cc1. The number of hydrogen-bond donors (Lipinski definition) is 1. The first kappa shape index (κ1) is 21.2. The molecule has 0 unspecified atom stereocenters. The zero-order chi connectivity index (χ0) is 20.9. The second-order valence-electron chi connectivity index (χ2n) is 9.19. The lowest BCUT2D eigenvalue weighted by atomic mass is 9.93. The fraction of sp³-hybridized carbons (Fsp3) is 0.667. The molecule has 6 heteroatoms. The first-order valence-corrected chi connectivity index (χ1v) is 11.8. The molecule has 0 spiro atoms. The van der Waals surface area contributed by atoms with Gasteiger partial charge in [0.05, 0.1) is 6.04 Å². The molecule has 3 amide bonds. The van der Waals surface area contributed by atoms with Gasteiger partial charge >= 0.3 is 6.03 Å². The van der Waals surface area contributed by atoms with E-state index in [4.69, 9.17) is 0 Å². The smallest absolute Gasteiger partial charge is 0.321 e. The summed E-state index contributed by atoms with van der Waals surface area (Å²) in [6.45, 7) is 6.78. The maximum Gasteiger partial charge on any atom is 0.321 e. The standard InChI is InChI=1S/C24H36N4O2/c1-19-9-11-21(12-10-19)25-24(30)28-17-15-26(16-18-28)22(20-7-3-4-8-20)23(29)27-13-5-2-6-14-27/h9-12,20,22H,2-8,13-18H2,1H3,(H,25,30)/t22-/m0/s1. The number of nitrogens with one attached hydrogen (secondary N) is 1. The molecule has 2 aliphatic heterocycles. The second-order valence-corrected chi connectivity index (χ2v) is 9.19. The van der Waals surface area contributed by atoms with Crippen molar-refractivity contribution in [2.24, 2.45) is 5.92 Å². The lowest BCUT2D eigenvalue weighted by Crippen LogP contribution is -2.59. The summed E-state index contributed by atoms with van der Waals surface area (Å²) in [5.74, 6) is 0.825. The van der Waals surface area contributed by atoms with Crippen LogP contribution in [0.25, 0.3) is 0 Å². The van der Waals surface area contributed by atoms with Crippen LogP contribution in [0.2, 0.25) is 0 Å². The Morgan fingerprint density at radius 1 is 0.833 bits per heavy atom. The third-order valence-corrected chi connectivity index (χ3v) is 7.06. The van der Waals surface area contributed by atoms with Gasteiger partial charge in [0.1, 0.15) is 0 Å². The Bertz CT molecular complexity index is 715. The summed E-state index contributed by atoms with van der Waals surface area (Å²) in [4.78, 5) is 32.5. The zero-order valence-corrected chi connectivity index (χ0v) is 18.3. The average Bonchev–Trinajstić information content (AvgIpc) is 3.31. The monoisotopic (exact) mass is 412 g/mol. The van der Waals surface area contributed by atoms with Crippen molar-refractivity contribution < 1.29 is 9.59 Å². The van der Waals surface area contributed by atoms with Crippen molar-refractivity contribution in [1.82, 2.24) is 14.7 Å². The maximum atomic E-state index is 13.5. The van der Waals surface area contributed by atoms with Crippen LogP contribution in [-0.4, -0.2) is 71.9 Å². The highest BCUT2D eigenvalue weighted by Gasteiger charge is 2.39. The number of nitrogens with zero attached hydrogens (tertiary/aromatic N) is 3. The van der Waals surface area contributed by atoms with E-state index in [1.54, 1.807) is 0 Å². The van der Waals surface area contributed by atoms with E-state index in [-0.39, 0.29) is 12.1 Å². The number of aryl methyl sites for hydroxylation is 1. The molecule has 0 radical (unpaired) electrons. The molecule has 164 valence electrons. The largest absolute Gasteiger partial charge is 0.341 e. The van der Waals surface area contributed by atoms with E-state index in [2.05, 4.69) is 15.1 Å². The Kier molecular flexibility index (Phi) is 6.93. The van der Waals surface area contributed by atoms with Crippen molar-refractivity contribution in [2.45, 2.75) is 57.9 Å². The first-order chi connectivity index (χ1) is 14.6. The summed E-state index contributed by atoms with van der Waals surface area (Å²) in [6.07, 6.45) is 8.33. The normalized spacial score (nSPS) is 22.2. The van der Waals surface area contributed by atoms with Crippen LogP contribution in [0.15, 0.2) is 24.3 Å². The van der Waals surface area contributed by atoms with Crippen LogP contribution in [0, 0.1) is 12.8 Å². The van der Waals surface area contributed by atoms with E-state index in [1.807, 2.05) is 36.1 Å². The number of carbonyl (C=O) groups is 2. The van der Waals surface area contributed by atoms with Gasteiger partial charge in [0.15, 0.2) is 0 Å². The fourth-order valence-electron chi connectivity index (χ4n) is 5.27. The van der Waals surface area contributed by atoms with Gasteiger partial charge in [0, 0.05) is 45.0 Å². The molecule has 1 aliphatic carbocycles. The van der Waals surface area contributed by atoms with Crippen molar-refractivity contribution >= 4 is 17.6 Å². The molecule has 30 heavy (non-hydrogen) atoms. The molecule has 2 saturated heterocycles. The summed E-state index contributed by atoms with van der Waals surface area (Å²) in [6, 6.07) is 7.86. The highest BCUT2D eigenvalue weighted by Crippen LogP contribution is 2.32. The molecule has 1 N–H and O–H groups in total. The fourth-order valence-corrected chi connectivity index (χ4v) is 5.27. The van der Waals surface area contributed by atoms with Gasteiger partial charge in [-0.15, -0.1) is 0 Å². The summed E-state index contributed by atoms with van der Waals surface area (Å²) in [5, 5.41) is 3.01. The van der Waals surface area contributed by atoms with Crippen molar-refractivity contribution in [1.29, 1.82) is 0 Å². The van der Waals surface area contributed by atoms with Crippen molar-refractivity contribution in [3.05, 3.63) is 29.8 Å². The molecule has 1 saturated carbocycles. The Morgan fingerprint density at radius 3 is 2.10 bits per heavy atom. The van der Waals surface area contributed by atoms with E-state index in [9.17, 15) is 9.59 Å². The molecule has 0 bridgehead atoms. The zero-order valence-electron chi connectivity index (χ0n) is 18.3. The number of carbonyl (C=O) groups excluding carboxylic acids is 2. The number of anilines is 1. The van der Waals surface area contributed by atoms with Gasteiger partial charge in [0.2, 0.25) is 5.91 Å². The van der Waals surface area contributed by atoms with Crippen molar-refractivity contribution in [2.75, 3.05) is 44.6 Å². The van der Waals surface area contributed by atoms with Crippen LogP contribution < -0.4 is 5.32 Å². The van der Waals surface area contributed by atoms with Gasteiger partial charge < -0.3 is 15.1 Å². The van der Waals surface area contributed by atoms with Gasteiger partial charge in [-0.2, -0.15) is 0 Å². The number of piperidine rings is 1. The third kappa shape index (κ3) is 4.97. The molecule has 1 aromatic rings. The van der Waals surface area contributed by atoms with Gasteiger partial charge in [-0.05, 0) is 57.1 Å². The Morgan fingerprint density at radius 2 is 1.47 bits per heavy atom. The number of urea groups is 1. The molecule has 3 aliphatic rings. The highest BCUT2D eigenvalue weighted by atomic mass is 16.2. The number of hydrogen-bond acceptors (Lipinski definition) is 3. The minimum absolute atomic E-state index is 0.00732.